The van der Waals surface area contributed by atoms with Gasteiger partial charge in [0.25, 0.3) is 0 Å². The predicted octanol–water partition coefficient (Wildman–Crippen LogP) is 2.90. The molecule has 1 aliphatic rings. The Morgan fingerprint density at radius 3 is 2.79 bits per heavy atom. The summed E-state index contributed by atoms with van der Waals surface area (Å²) in [4.78, 5) is 2.45. The van der Waals surface area contributed by atoms with Gasteiger partial charge in [-0.2, -0.15) is 0 Å². The van der Waals surface area contributed by atoms with Crippen molar-refractivity contribution in [3.63, 3.8) is 0 Å². The van der Waals surface area contributed by atoms with Crippen molar-refractivity contribution in [2.75, 3.05) is 31.6 Å². The summed E-state index contributed by atoms with van der Waals surface area (Å²) >= 11 is 0. The van der Waals surface area contributed by atoms with Gasteiger partial charge in [-0.15, -0.1) is 0 Å². The number of piperidine rings is 1. The Bertz CT molecular complexity index is 417. The summed E-state index contributed by atoms with van der Waals surface area (Å²) in [6.07, 6.45) is 2.30. The second kappa shape index (κ2) is 5.83. The quantitative estimate of drug-likeness (QED) is 0.906. The summed E-state index contributed by atoms with van der Waals surface area (Å²) in [5.41, 5.74) is 7.37. The number of hydrogen-bond donors (Lipinski definition) is 1. The van der Waals surface area contributed by atoms with Crippen LogP contribution in [0.3, 0.4) is 0 Å². The van der Waals surface area contributed by atoms with Crippen LogP contribution in [0.5, 0.6) is 5.75 Å². The molecule has 2 N–H and O–H groups in total. The molecule has 3 nitrogen and oxygen atoms in total. The molecule has 1 saturated heterocycles. The second-order valence-corrected chi connectivity index (χ2v) is 6.13. The highest BCUT2D eigenvalue weighted by Gasteiger charge is 2.35. The molecular weight excluding hydrogens is 236 g/mol. The topological polar surface area (TPSA) is 38.5 Å². The van der Waals surface area contributed by atoms with E-state index in [1.807, 2.05) is 12.1 Å². The van der Waals surface area contributed by atoms with Crippen molar-refractivity contribution in [1.29, 1.82) is 0 Å². The van der Waals surface area contributed by atoms with E-state index < -0.39 is 0 Å². The first-order valence-corrected chi connectivity index (χ1v) is 7.16. The van der Waals surface area contributed by atoms with E-state index in [1.165, 1.54) is 12.1 Å². The Labute approximate surface area is 116 Å². The summed E-state index contributed by atoms with van der Waals surface area (Å²) in [5, 5.41) is 0. The van der Waals surface area contributed by atoms with Gasteiger partial charge in [0.1, 0.15) is 5.75 Å². The third kappa shape index (κ3) is 3.03. The maximum atomic E-state index is 5.78. The Morgan fingerprint density at radius 1 is 1.37 bits per heavy atom. The molecule has 1 aliphatic heterocycles. The fraction of sp³-hybridized carbons (Fsp3) is 0.625. The number of para-hydroxylation sites is 2. The number of anilines is 1. The van der Waals surface area contributed by atoms with Crippen LogP contribution < -0.4 is 15.4 Å². The zero-order valence-corrected chi connectivity index (χ0v) is 12.4. The molecule has 0 spiro atoms. The predicted molar refractivity (Wildman–Crippen MR) is 80.8 cm³/mol. The number of nitrogens with zero attached hydrogens (tertiary/aromatic N) is 1. The van der Waals surface area contributed by atoms with Crippen LogP contribution in [0.1, 0.15) is 26.7 Å². The highest BCUT2D eigenvalue weighted by molar-refractivity contribution is 5.58. The molecule has 106 valence electrons. The van der Waals surface area contributed by atoms with Crippen molar-refractivity contribution >= 4 is 5.69 Å². The summed E-state index contributed by atoms with van der Waals surface area (Å²) in [6, 6.07) is 8.28. The maximum Gasteiger partial charge on any atom is 0.142 e. The number of ether oxygens (including phenoxy) is 1. The van der Waals surface area contributed by atoms with Gasteiger partial charge in [-0.3, -0.25) is 0 Å². The van der Waals surface area contributed by atoms with Gasteiger partial charge in [-0.25, -0.2) is 0 Å². The van der Waals surface area contributed by atoms with Crippen molar-refractivity contribution in [2.24, 2.45) is 17.1 Å². The Hall–Kier alpha value is -1.22. The molecule has 1 aromatic rings. The van der Waals surface area contributed by atoms with Gasteiger partial charge in [0.05, 0.1) is 12.8 Å². The van der Waals surface area contributed by atoms with Crippen LogP contribution in [0.15, 0.2) is 24.3 Å². The SMILES string of the molecule is COc1ccccc1N1CCC(C)(C)C(CCN)C1. The highest BCUT2D eigenvalue weighted by atomic mass is 16.5. The average Bonchev–Trinajstić information content (AvgIpc) is 2.41. The second-order valence-electron chi connectivity index (χ2n) is 6.13. The van der Waals surface area contributed by atoms with Crippen LogP contribution in [0, 0.1) is 11.3 Å². The molecule has 0 aromatic heterocycles. The summed E-state index contributed by atoms with van der Waals surface area (Å²) in [7, 11) is 1.74. The smallest absolute Gasteiger partial charge is 0.142 e. The fourth-order valence-corrected chi connectivity index (χ4v) is 3.02. The number of hydrogen-bond acceptors (Lipinski definition) is 3. The number of nitrogens with two attached hydrogens (primary N) is 1. The summed E-state index contributed by atoms with van der Waals surface area (Å²) in [6.45, 7) is 7.67. The minimum atomic E-state index is 0.387. The van der Waals surface area contributed by atoms with E-state index in [0.29, 0.717) is 11.3 Å². The van der Waals surface area contributed by atoms with E-state index in [1.54, 1.807) is 7.11 Å². The van der Waals surface area contributed by atoms with Gasteiger partial charge in [0.2, 0.25) is 0 Å². The van der Waals surface area contributed by atoms with E-state index in [9.17, 15) is 0 Å². The molecule has 19 heavy (non-hydrogen) atoms. The van der Waals surface area contributed by atoms with Crippen LogP contribution in [0.2, 0.25) is 0 Å². The third-order valence-electron chi connectivity index (χ3n) is 4.51. The van der Waals surface area contributed by atoms with Crippen LogP contribution >= 0.6 is 0 Å². The van der Waals surface area contributed by atoms with E-state index in [0.717, 1.165) is 31.8 Å². The normalized spacial score (nSPS) is 22.3. The first-order chi connectivity index (χ1) is 9.08. The Morgan fingerprint density at radius 2 is 2.11 bits per heavy atom. The van der Waals surface area contributed by atoms with Crippen LogP contribution in [-0.2, 0) is 0 Å². The minimum absolute atomic E-state index is 0.387. The molecule has 2 rings (SSSR count). The summed E-state index contributed by atoms with van der Waals surface area (Å²) < 4.78 is 5.48. The molecule has 0 radical (unpaired) electrons. The van der Waals surface area contributed by atoms with Crippen molar-refractivity contribution < 1.29 is 4.74 Å². The molecule has 0 aliphatic carbocycles. The standard InChI is InChI=1S/C16H26N2O/c1-16(2)9-11-18(12-13(16)8-10-17)14-6-4-5-7-15(14)19-3/h4-7,13H,8-12,17H2,1-3H3. The molecule has 0 bridgehead atoms. The van der Waals surface area contributed by atoms with Crippen LogP contribution in [0.25, 0.3) is 0 Å². The molecule has 1 fully saturated rings. The van der Waals surface area contributed by atoms with Crippen LogP contribution in [0.4, 0.5) is 5.69 Å². The molecular formula is C16H26N2O. The lowest BCUT2D eigenvalue weighted by Crippen LogP contribution is -2.45. The Balaban J connectivity index is 2.18. The fourth-order valence-electron chi connectivity index (χ4n) is 3.02. The molecule has 1 heterocycles. The molecule has 1 unspecified atom stereocenters. The molecule has 3 heteroatoms. The number of rotatable bonds is 4. The van der Waals surface area contributed by atoms with Crippen molar-refractivity contribution in [3.8, 4) is 5.75 Å². The van der Waals surface area contributed by atoms with E-state index >= 15 is 0 Å². The number of benzene rings is 1. The lowest BCUT2D eigenvalue weighted by atomic mass is 9.72. The lowest BCUT2D eigenvalue weighted by Gasteiger charge is -2.45. The van der Waals surface area contributed by atoms with Crippen LogP contribution in [-0.4, -0.2) is 26.7 Å². The van der Waals surface area contributed by atoms with Gasteiger partial charge in [-0.05, 0) is 42.9 Å². The molecule has 1 atom stereocenters. The lowest BCUT2D eigenvalue weighted by molar-refractivity contribution is 0.162. The molecule has 0 saturated carbocycles. The van der Waals surface area contributed by atoms with E-state index in [4.69, 9.17) is 10.5 Å². The monoisotopic (exact) mass is 262 g/mol. The van der Waals surface area contributed by atoms with Crippen molar-refractivity contribution in [2.45, 2.75) is 26.7 Å². The van der Waals surface area contributed by atoms with Gasteiger partial charge in [-0.1, -0.05) is 26.0 Å². The zero-order chi connectivity index (χ0) is 13.9. The van der Waals surface area contributed by atoms with Crippen molar-refractivity contribution in [1.82, 2.24) is 0 Å². The van der Waals surface area contributed by atoms with Gasteiger partial charge >= 0.3 is 0 Å². The van der Waals surface area contributed by atoms with Gasteiger partial charge < -0.3 is 15.4 Å². The largest absolute Gasteiger partial charge is 0.495 e. The molecule has 0 amide bonds. The molecule has 1 aromatic carbocycles. The highest BCUT2D eigenvalue weighted by Crippen LogP contribution is 2.40. The average molecular weight is 262 g/mol. The Kier molecular flexibility index (Phi) is 4.35. The maximum absolute atomic E-state index is 5.78. The minimum Gasteiger partial charge on any atom is -0.495 e. The summed E-state index contributed by atoms with van der Waals surface area (Å²) in [5.74, 6) is 1.62. The van der Waals surface area contributed by atoms with Gasteiger partial charge in [0, 0.05) is 13.1 Å². The van der Waals surface area contributed by atoms with E-state index in [2.05, 4.69) is 30.9 Å². The number of methoxy groups -OCH3 is 1. The van der Waals surface area contributed by atoms with Crippen molar-refractivity contribution in [3.05, 3.63) is 24.3 Å². The first-order valence-electron chi connectivity index (χ1n) is 7.16. The first kappa shape index (κ1) is 14.2. The third-order valence-corrected chi connectivity index (χ3v) is 4.51. The zero-order valence-electron chi connectivity index (χ0n) is 12.4. The van der Waals surface area contributed by atoms with Gasteiger partial charge in [0.15, 0.2) is 0 Å². The van der Waals surface area contributed by atoms with E-state index in [-0.39, 0.29) is 0 Å².